The molecule has 1 aromatic rings. The van der Waals surface area contributed by atoms with E-state index >= 15 is 0 Å². The second kappa shape index (κ2) is 6.57. The van der Waals surface area contributed by atoms with Crippen LogP contribution in [0.15, 0.2) is 16.7 Å². The fourth-order valence-corrected chi connectivity index (χ4v) is 2.41. The van der Waals surface area contributed by atoms with Crippen molar-refractivity contribution in [3.63, 3.8) is 0 Å². The molecule has 2 N–H and O–H groups in total. The van der Waals surface area contributed by atoms with Gasteiger partial charge in [0.05, 0.1) is 9.50 Å². The quantitative estimate of drug-likeness (QED) is 0.905. The molecule has 0 spiro atoms. The Balaban J connectivity index is 2.61. The standard InChI is InChI=1S/C12H19BrClN3/c1-8(2)11(15)4-5-17(3)12-10(13)6-9(14)7-16-12/h6-8,11H,4-5,15H2,1-3H3. The Morgan fingerprint density at radius 3 is 2.71 bits per heavy atom. The van der Waals surface area contributed by atoms with Gasteiger partial charge in [-0.15, -0.1) is 0 Å². The molecule has 96 valence electrons. The first-order chi connectivity index (χ1) is 7.91. The monoisotopic (exact) mass is 319 g/mol. The Labute approximate surface area is 116 Å². The van der Waals surface area contributed by atoms with Gasteiger partial charge in [-0.05, 0) is 34.3 Å². The summed E-state index contributed by atoms with van der Waals surface area (Å²) in [7, 11) is 2.01. The first-order valence-corrected chi connectivity index (χ1v) is 6.86. The summed E-state index contributed by atoms with van der Waals surface area (Å²) in [5.41, 5.74) is 6.03. The second-order valence-electron chi connectivity index (χ2n) is 4.58. The third-order valence-electron chi connectivity index (χ3n) is 2.80. The smallest absolute Gasteiger partial charge is 0.142 e. The molecule has 3 nitrogen and oxygen atoms in total. The maximum absolute atomic E-state index is 6.03. The van der Waals surface area contributed by atoms with E-state index in [1.807, 2.05) is 13.1 Å². The maximum Gasteiger partial charge on any atom is 0.142 e. The Kier molecular flexibility index (Phi) is 5.70. The summed E-state index contributed by atoms with van der Waals surface area (Å²) in [6, 6.07) is 2.08. The molecule has 0 radical (unpaired) electrons. The first kappa shape index (κ1) is 14.7. The third-order valence-corrected chi connectivity index (χ3v) is 3.59. The molecule has 0 aliphatic heterocycles. The van der Waals surface area contributed by atoms with Gasteiger partial charge in [-0.1, -0.05) is 25.4 Å². The average Bonchev–Trinajstić information content (AvgIpc) is 2.25. The fraction of sp³-hybridized carbons (Fsp3) is 0.583. The minimum Gasteiger partial charge on any atom is -0.359 e. The lowest BCUT2D eigenvalue weighted by atomic mass is 10.0. The van der Waals surface area contributed by atoms with Crippen LogP contribution in [0.2, 0.25) is 5.02 Å². The molecular weight excluding hydrogens is 302 g/mol. The van der Waals surface area contributed by atoms with Crippen molar-refractivity contribution in [1.29, 1.82) is 0 Å². The number of anilines is 1. The lowest BCUT2D eigenvalue weighted by molar-refractivity contribution is 0.465. The van der Waals surface area contributed by atoms with Crippen LogP contribution in [0.4, 0.5) is 5.82 Å². The highest BCUT2D eigenvalue weighted by Crippen LogP contribution is 2.25. The normalized spacial score (nSPS) is 12.9. The van der Waals surface area contributed by atoms with Gasteiger partial charge in [0.2, 0.25) is 0 Å². The highest BCUT2D eigenvalue weighted by molar-refractivity contribution is 9.10. The summed E-state index contributed by atoms with van der Waals surface area (Å²) in [5, 5.41) is 0.632. The molecule has 0 bridgehead atoms. The van der Waals surface area contributed by atoms with Crippen molar-refractivity contribution < 1.29 is 0 Å². The summed E-state index contributed by atoms with van der Waals surface area (Å²) < 4.78 is 0.908. The van der Waals surface area contributed by atoms with Crippen LogP contribution in [0, 0.1) is 5.92 Å². The number of hydrogen-bond acceptors (Lipinski definition) is 3. The van der Waals surface area contributed by atoms with Crippen LogP contribution < -0.4 is 10.6 Å². The minimum absolute atomic E-state index is 0.225. The predicted molar refractivity (Wildman–Crippen MR) is 77.6 cm³/mol. The molecule has 5 heteroatoms. The molecule has 0 aliphatic carbocycles. The Morgan fingerprint density at radius 2 is 2.18 bits per heavy atom. The van der Waals surface area contributed by atoms with E-state index in [2.05, 4.69) is 39.7 Å². The van der Waals surface area contributed by atoms with Gasteiger partial charge in [-0.2, -0.15) is 0 Å². The van der Waals surface area contributed by atoms with Crippen LogP contribution in [0.25, 0.3) is 0 Å². The molecule has 0 aromatic carbocycles. The van der Waals surface area contributed by atoms with Crippen LogP contribution >= 0.6 is 27.5 Å². The van der Waals surface area contributed by atoms with Crippen molar-refractivity contribution in [3.8, 4) is 0 Å². The molecule has 1 atom stereocenters. The van der Waals surface area contributed by atoms with Crippen molar-refractivity contribution in [2.75, 3.05) is 18.5 Å². The molecular formula is C12H19BrClN3. The van der Waals surface area contributed by atoms with Crippen LogP contribution in [0.5, 0.6) is 0 Å². The van der Waals surface area contributed by atoms with Gasteiger partial charge in [0.25, 0.3) is 0 Å². The zero-order valence-electron chi connectivity index (χ0n) is 10.5. The Bertz CT molecular complexity index is 371. The van der Waals surface area contributed by atoms with E-state index < -0.39 is 0 Å². The zero-order chi connectivity index (χ0) is 13.0. The zero-order valence-corrected chi connectivity index (χ0v) is 12.8. The molecule has 1 heterocycles. The Morgan fingerprint density at radius 1 is 1.53 bits per heavy atom. The molecule has 0 amide bonds. The van der Waals surface area contributed by atoms with Crippen LogP contribution in [0.3, 0.4) is 0 Å². The van der Waals surface area contributed by atoms with Gasteiger partial charge in [0, 0.05) is 25.8 Å². The summed E-state index contributed by atoms with van der Waals surface area (Å²) >= 11 is 9.32. The van der Waals surface area contributed by atoms with Crippen molar-refractivity contribution in [2.24, 2.45) is 11.7 Å². The van der Waals surface area contributed by atoms with E-state index in [4.69, 9.17) is 17.3 Å². The van der Waals surface area contributed by atoms with Crippen molar-refractivity contribution in [2.45, 2.75) is 26.3 Å². The van der Waals surface area contributed by atoms with Gasteiger partial charge in [0.15, 0.2) is 0 Å². The summed E-state index contributed by atoms with van der Waals surface area (Å²) in [4.78, 5) is 6.39. The lowest BCUT2D eigenvalue weighted by Gasteiger charge is -2.23. The van der Waals surface area contributed by atoms with Crippen molar-refractivity contribution in [1.82, 2.24) is 4.98 Å². The number of aromatic nitrogens is 1. The minimum atomic E-state index is 0.225. The van der Waals surface area contributed by atoms with E-state index in [9.17, 15) is 0 Å². The van der Waals surface area contributed by atoms with Gasteiger partial charge in [-0.25, -0.2) is 4.98 Å². The molecule has 0 aliphatic rings. The summed E-state index contributed by atoms with van der Waals surface area (Å²) in [6.45, 7) is 5.16. The van der Waals surface area contributed by atoms with Crippen LogP contribution in [-0.4, -0.2) is 24.6 Å². The topological polar surface area (TPSA) is 42.1 Å². The van der Waals surface area contributed by atoms with E-state index in [-0.39, 0.29) is 6.04 Å². The third kappa shape index (κ3) is 4.45. The van der Waals surface area contributed by atoms with Crippen LogP contribution in [0.1, 0.15) is 20.3 Å². The molecule has 1 aromatic heterocycles. The summed E-state index contributed by atoms with van der Waals surface area (Å²) in [5.74, 6) is 1.40. The van der Waals surface area contributed by atoms with Crippen molar-refractivity contribution in [3.05, 3.63) is 21.8 Å². The number of nitrogens with zero attached hydrogens (tertiary/aromatic N) is 2. The molecule has 17 heavy (non-hydrogen) atoms. The van der Waals surface area contributed by atoms with Gasteiger partial charge in [0.1, 0.15) is 5.82 Å². The highest BCUT2D eigenvalue weighted by Gasteiger charge is 2.12. The number of pyridine rings is 1. The number of nitrogens with two attached hydrogens (primary N) is 1. The number of hydrogen-bond donors (Lipinski definition) is 1. The predicted octanol–water partition coefficient (Wildman–Crippen LogP) is 3.31. The molecule has 0 fully saturated rings. The lowest BCUT2D eigenvalue weighted by Crippen LogP contribution is -2.32. The van der Waals surface area contributed by atoms with Crippen LogP contribution in [-0.2, 0) is 0 Å². The van der Waals surface area contributed by atoms with E-state index in [1.54, 1.807) is 6.20 Å². The number of rotatable bonds is 5. The average molecular weight is 321 g/mol. The van der Waals surface area contributed by atoms with Gasteiger partial charge >= 0.3 is 0 Å². The second-order valence-corrected chi connectivity index (χ2v) is 5.87. The molecule has 1 unspecified atom stereocenters. The summed E-state index contributed by atoms with van der Waals surface area (Å²) in [6.07, 6.45) is 2.60. The molecule has 0 saturated heterocycles. The largest absolute Gasteiger partial charge is 0.359 e. The van der Waals surface area contributed by atoms with Crippen molar-refractivity contribution >= 4 is 33.3 Å². The maximum atomic E-state index is 6.03. The Hall–Kier alpha value is -0.320. The van der Waals surface area contributed by atoms with Gasteiger partial charge < -0.3 is 10.6 Å². The molecule has 0 saturated carbocycles. The molecule has 1 rings (SSSR count). The first-order valence-electron chi connectivity index (χ1n) is 5.69. The highest BCUT2D eigenvalue weighted by atomic mass is 79.9. The van der Waals surface area contributed by atoms with E-state index in [0.29, 0.717) is 10.9 Å². The SMILES string of the molecule is CC(C)C(N)CCN(C)c1ncc(Cl)cc1Br. The number of halogens is 2. The van der Waals surface area contributed by atoms with E-state index in [0.717, 1.165) is 23.3 Å². The fourth-order valence-electron chi connectivity index (χ4n) is 1.47. The van der Waals surface area contributed by atoms with Gasteiger partial charge in [-0.3, -0.25) is 0 Å². The van der Waals surface area contributed by atoms with E-state index in [1.165, 1.54) is 0 Å².